The second kappa shape index (κ2) is 8.10. The smallest absolute Gasteiger partial charge is 0.322 e. The third-order valence-corrected chi connectivity index (χ3v) is 5.02. The Balaban J connectivity index is 1.81. The van der Waals surface area contributed by atoms with E-state index in [1.54, 1.807) is 17.0 Å². The van der Waals surface area contributed by atoms with Gasteiger partial charge in [-0.2, -0.15) is 4.98 Å². The summed E-state index contributed by atoms with van der Waals surface area (Å²) in [7, 11) is 0. The lowest BCUT2D eigenvalue weighted by Crippen LogP contribution is -2.47. The molecule has 2 heterocycles. The Labute approximate surface area is 174 Å². The molecule has 2 aromatic carbocycles. The number of halogens is 1. The molecule has 4 rings (SSSR count). The molecule has 154 valence electrons. The Morgan fingerprint density at radius 1 is 1.17 bits per heavy atom. The van der Waals surface area contributed by atoms with E-state index >= 15 is 0 Å². The molecule has 30 heavy (non-hydrogen) atoms. The van der Waals surface area contributed by atoms with Crippen LogP contribution in [0.4, 0.5) is 9.18 Å². The highest BCUT2D eigenvalue weighted by Gasteiger charge is 2.35. The van der Waals surface area contributed by atoms with Crippen LogP contribution in [0.25, 0.3) is 17.0 Å². The molecule has 1 aliphatic heterocycles. The van der Waals surface area contributed by atoms with Crippen molar-refractivity contribution in [3.8, 4) is 11.4 Å². The van der Waals surface area contributed by atoms with E-state index in [0.29, 0.717) is 23.8 Å². The van der Waals surface area contributed by atoms with Gasteiger partial charge in [0.25, 0.3) is 5.89 Å². The highest BCUT2D eigenvalue weighted by atomic mass is 19.1. The molecule has 0 saturated carbocycles. The van der Waals surface area contributed by atoms with Gasteiger partial charge in [-0.05, 0) is 30.5 Å². The molecule has 0 bridgehead atoms. The van der Waals surface area contributed by atoms with Crippen molar-refractivity contribution in [2.75, 3.05) is 6.54 Å². The number of nitrogens with zero attached hydrogens (tertiary/aromatic N) is 3. The summed E-state index contributed by atoms with van der Waals surface area (Å²) < 4.78 is 19.2. The first kappa shape index (κ1) is 19.8. The number of rotatable bonds is 5. The Hall–Kier alpha value is -3.48. The SMILES string of the molecule is CC1=C(c2nc(-c3cccc(F)c3)no2)C(c2ccccc2)NC(=O)N1CC(C)C. The summed E-state index contributed by atoms with van der Waals surface area (Å²) >= 11 is 0. The van der Waals surface area contributed by atoms with Gasteiger partial charge in [0.1, 0.15) is 5.82 Å². The van der Waals surface area contributed by atoms with Gasteiger partial charge in [0.2, 0.25) is 5.82 Å². The molecule has 0 saturated heterocycles. The molecule has 2 amide bonds. The van der Waals surface area contributed by atoms with Crippen molar-refractivity contribution in [2.45, 2.75) is 26.8 Å². The van der Waals surface area contributed by atoms with Crippen molar-refractivity contribution in [3.05, 3.63) is 77.6 Å². The maximum atomic E-state index is 13.6. The minimum Gasteiger partial charge on any atom is -0.334 e. The van der Waals surface area contributed by atoms with Gasteiger partial charge < -0.3 is 9.84 Å². The molecule has 0 fully saturated rings. The van der Waals surface area contributed by atoms with Gasteiger partial charge in [-0.3, -0.25) is 4.90 Å². The maximum Gasteiger partial charge on any atom is 0.322 e. The Morgan fingerprint density at radius 2 is 1.93 bits per heavy atom. The second-order valence-electron chi connectivity index (χ2n) is 7.73. The lowest BCUT2D eigenvalue weighted by Gasteiger charge is -2.36. The first-order valence-electron chi connectivity index (χ1n) is 9.88. The summed E-state index contributed by atoms with van der Waals surface area (Å²) in [6, 6.07) is 15.1. The quantitative estimate of drug-likeness (QED) is 0.645. The number of urea groups is 1. The van der Waals surface area contributed by atoms with E-state index in [1.807, 2.05) is 37.3 Å². The summed E-state index contributed by atoms with van der Waals surface area (Å²) in [6.07, 6.45) is 0. The van der Waals surface area contributed by atoms with Crippen molar-refractivity contribution in [1.82, 2.24) is 20.4 Å². The van der Waals surface area contributed by atoms with Gasteiger partial charge in [-0.15, -0.1) is 0 Å². The van der Waals surface area contributed by atoms with Crippen LogP contribution >= 0.6 is 0 Å². The Bertz CT molecular complexity index is 1090. The van der Waals surface area contributed by atoms with E-state index in [4.69, 9.17) is 4.52 Å². The molecule has 3 aromatic rings. The third-order valence-electron chi connectivity index (χ3n) is 5.02. The van der Waals surface area contributed by atoms with Crippen LogP contribution in [0, 0.1) is 11.7 Å². The molecule has 1 aromatic heterocycles. The molecule has 1 unspecified atom stereocenters. The van der Waals surface area contributed by atoms with Crippen LogP contribution in [-0.2, 0) is 0 Å². The zero-order chi connectivity index (χ0) is 21.3. The minimum atomic E-state index is -0.428. The fourth-order valence-electron chi connectivity index (χ4n) is 3.62. The van der Waals surface area contributed by atoms with E-state index in [1.165, 1.54) is 12.1 Å². The lowest BCUT2D eigenvalue weighted by atomic mass is 9.94. The van der Waals surface area contributed by atoms with Crippen LogP contribution in [0.2, 0.25) is 0 Å². The van der Waals surface area contributed by atoms with Crippen LogP contribution in [0.15, 0.2) is 64.8 Å². The number of amides is 2. The molecule has 6 nitrogen and oxygen atoms in total. The first-order chi connectivity index (χ1) is 14.4. The van der Waals surface area contributed by atoms with E-state index < -0.39 is 6.04 Å². The molecular weight excluding hydrogens is 383 g/mol. The summed E-state index contributed by atoms with van der Waals surface area (Å²) in [5, 5.41) is 7.12. The summed E-state index contributed by atoms with van der Waals surface area (Å²) in [5.41, 5.74) is 2.93. The van der Waals surface area contributed by atoms with Gasteiger partial charge in [-0.1, -0.05) is 61.5 Å². The van der Waals surface area contributed by atoms with Gasteiger partial charge >= 0.3 is 6.03 Å². The summed E-state index contributed by atoms with van der Waals surface area (Å²) in [4.78, 5) is 19.1. The number of benzene rings is 2. The molecule has 0 radical (unpaired) electrons. The Kier molecular flexibility index (Phi) is 5.35. The van der Waals surface area contributed by atoms with Gasteiger partial charge in [-0.25, -0.2) is 9.18 Å². The average molecular weight is 406 g/mol. The van der Waals surface area contributed by atoms with Crippen LogP contribution in [-0.4, -0.2) is 27.6 Å². The zero-order valence-corrected chi connectivity index (χ0v) is 17.1. The van der Waals surface area contributed by atoms with Crippen LogP contribution in [0.1, 0.15) is 38.3 Å². The predicted molar refractivity (Wildman–Crippen MR) is 112 cm³/mol. The van der Waals surface area contributed by atoms with E-state index in [0.717, 1.165) is 16.8 Å². The van der Waals surface area contributed by atoms with Crippen LogP contribution < -0.4 is 5.32 Å². The fourth-order valence-corrected chi connectivity index (χ4v) is 3.62. The van der Waals surface area contributed by atoms with E-state index in [2.05, 4.69) is 29.3 Å². The highest BCUT2D eigenvalue weighted by molar-refractivity contribution is 5.86. The molecule has 0 aliphatic carbocycles. The van der Waals surface area contributed by atoms with Gasteiger partial charge in [0, 0.05) is 17.8 Å². The van der Waals surface area contributed by atoms with Crippen molar-refractivity contribution in [3.63, 3.8) is 0 Å². The van der Waals surface area contributed by atoms with Gasteiger partial charge in [0.15, 0.2) is 0 Å². The molecule has 1 N–H and O–H groups in total. The topological polar surface area (TPSA) is 71.3 Å². The summed E-state index contributed by atoms with van der Waals surface area (Å²) in [5.74, 6) is 0.508. The van der Waals surface area contributed by atoms with Crippen molar-refractivity contribution in [2.24, 2.45) is 5.92 Å². The number of carbonyl (C=O) groups is 1. The molecule has 7 heteroatoms. The standard InChI is InChI=1S/C23H23FN4O2/c1-14(2)13-28-15(3)19(20(25-23(28)29)16-8-5-4-6-9-16)22-26-21(27-30-22)17-10-7-11-18(24)12-17/h4-12,14,20H,13H2,1-3H3,(H,25,29). The molecule has 0 spiro atoms. The monoisotopic (exact) mass is 406 g/mol. The molecule has 1 aliphatic rings. The largest absolute Gasteiger partial charge is 0.334 e. The summed E-state index contributed by atoms with van der Waals surface area (Å²) in [6.45, 7) is 6.56. The third kappa shape index (κ3) is 3.83. The van der Waals surface area contributed by atoms with E-state index in [9.17, 15) is 9.18 Å². The number of carbonyl (C=O) groups excluding carboxylic acids is 1. The number of aromatic nitrogens is 2. The van der Waals surface area contributed by atoms with Crippen molar-refractivity contribution in [1.29, 1.82) is 0 Å². The minimum absolute atomic E-state index is 0.163. The maximum absolute atomic E-state index is 13.6. The number of hydrogen-bond acceptors (Lipinski definition) is 4. The predicted octanol–water partition coefficient (Wildman–Crippen LogP) is 5.03. The Morgan fingerprint density at radius 3 is 2.63 bits per heavy atom. The second-order valence-corrected chi connectivity index (χ2v) is 7.73. The normalized spacial score (nSPS) is 16.9. The van der Waals surface area contributed by atoms with Crippen molar-refractivity contribution < 1.29 is 13.7 Å². The molecular formula is C23H23FN4O2. The number of hydrogen-bond donors (Lipinski definition) is 1. The fraction of sp³-hybridized carbons (Fsp3) is 0.261. The highest BCUT2D eigenvalue weighted by Crippen LogP contribution is 2.37. The van der Waals surface area contributed by atoms with Crippen molar-refractivity contribution >= 4 is 11.6 Å². The number of nitrogens with one attached hydrogen (secondary N) is 1. The molecule has 1 atom stereocenters. The van der Waals surface area contributed by atoms with Crippen LogP contribution in [0.3, 0.4) is 0 Å². The van der Waals surface area contributed by atoms with Gasteiger partial charge in [0.05, 0.1) is 11.6 Å². The average Bonchev–Trinajstić information content (AvgIpc) is 3.21. The number of allylic oxidation sites excluding steroid dienone is 1. The first-order valence-corrected chi connectivity index (χ1v) is 9.88. The zero-order valence-electron chi connectivity index (χ0n) is 17.1. The lowest BCUT2D eigenvalue weighted by molar-refractivity contribution is 0.199. The van der Waals surface area contributed by atoms with E-state index in [-0.39, 0.29) is 17.8 Å². The van der Waals surface area contributed by atoms with Crippen LogP contribution in [0.5, 0.6) is 0 Å².